The molecule has 28 heavy (non-hydrogen) atoms. The molecule has 8 heteroatoms. The fourth-order valence-corrected chi connectivity index (χ4v) is 3.37. The van der Waals surface area contributed by atoms with Gasteiger partial charge in [-0.3, -0.25) is 20.2 Å². The molecule has 0 aliphatic carbocycles. The van der Waals surface area contributed by atoms with Crippen LogP contribution in [0.5, 0.6) is 5.75 Å². The summed E-state index contributed by atoms with van der Waals surface area (Å²) in [7, 11) is 0. The van der Waals surface area contributed by atoms with E-state index in [-0.39, 0.29) is 11.6 Å². The molecule has 1 amide bonds. The van der Waals surface area contributed by atoms with E-state index in [1.165, 1.54) is 29.5 Å². The van der Waals surface area contributed by atoms with Crippen molar-refractivity contribution in [3.8, 4) is 5.75 Å². The molecule has 1 heterocycles. The van der Waals surface area contributed by atoms with Crippen LogP contribution >= 0.6 is 11.3 Å². The number of ether oxygens (including phenoxy) is 1. The summed E-state index contributed by atoms with van der Waals surface area (Å²) in [5, 5.41) is 13.9. The summed E-state index contributed by atoms with van der Waals surface area (Å²) in [5.74, 6) is 0.393. The summed E-state index contributed by atoms with van der Waals surface area (Å²) >= 11 is 1.19. The van der Waals surface area contributed by atoms with Crippen LogP contribution in [0.25, 0.3) is 16.3 Å². The summed E-state index contributed by atoms with van der Waals surface area (Å²) in [5.41, 5.74) is 1.41. The molecule has 2 aromatic carbocycles. The summed E-state index contributed by atoms with van der Waals surface area (Å²) < 4.78 is 6.39. The topological polar surface area (TPSA) is 94.4 Å². The Labute approximate surface area is 165 Å². The number of unbranched alkanes of at least 4 members (excludes halogenated alkanes) is 1. The Morgan fingerprint density at radius 2 is 2.14 bits per heavy atom. The number of benzene rings is 2. The number of thiazole rings is 1. The highest BCUT2D eigenvalue weighted by Crippen LogP contribution is 2.29. The SMILES string of the molecule is CCCCOc1ccccc1/C=C/C(=O)Nc1nc2ccc([N+](=O)[O-])cc2s1. The van der Waals surface area contributed by atoms with Crippen LogP contribution in [0.15, 0.2) is 48.5 Å². The van der Waals surface area contributed by atoms with Crippen LogP contribution < -0.4 is 10.1 Å². The number of nitrogens with one attached hydrogen (secondary N) is 1. The number of nitro groups is 1. The second-order valence-electron chi connectivity index (χ2n) is 5.99. The molecule has 1 N–H and O–H groups in total. The van der Waals surface area contributed by atoms with E-state index < -0.39 is 4.92 Å². The zero-order chi connectivity index (χ0) is 19.9. The molecule has 0 saturated carbocycles. The number of nitro benzene ring substituents is 1. The lowest BCUT2D eigenvalue weighted by atomic mass is 10.2. The van der Waals surface area contributed by atoms with Crippen LogP contribution in [0.3, 0.4) is 0 Å². The molecule has 144 valence electrons. The van der Waals surface area contributed by atoms with Crippen LogP contribution in [-0.2, 0) is 4.79 Å². The van der Waals surface area contributed by atoms with Gasteiger partial charge in [-0.15, -0.1) is 0 Å². The smallest absolute Gasteiger partial charge is 0.270 e. The number of fused-ring (bicyclic) bond motifs is 1. The minimum Gasteiger partial charge on any atom is -0.493 e. The van der Waals surface area contributed by atoms with Crippen LogP contribution in [0.1, 0.15) is 25.3 Å². The fraction of sp³-hybridized carbons (Fsp3) is 0.200. The van der Waals surface area contributed by atoms with Gasteiger partial charge in [-0.05, 0) is 24.6 Å². The van der Waals surface area contributed by atoms with Crippen molar-refractivity contribution in [1.29, 1.82) is 0 Å². The van der Waals surface area contributed by atoms with E-state index in [1.807, 2.05) is 24.3 Å². The monoisotopic (exact) mass is 397 g/mol. The van der Waals surface area contributed by atoms with Gasteiger partial charge in [0.1, 0.15) is 5.75 Å². The molecule has 0 aliphatic rings. The molecule has 0 aliphatic heterocycles. The van der Waals surface area contributed by atoms with Crippen LogP contribution in [-0.4, -0.2) is 22.4 Å². The zero-order valence-electron chi connectivity index (χ0n) is 15.3. The average Bonchev–Trinajstić information content (AvgIpc) is 3.08. The molecule has 3 rings (SSSR count). The van der Waals surface area contributed by atoms with Crippen LogP contribution in [0.2, 0.25) is 0 Å². The number of amides is 1. The number of non-ortho nitro benzene ring substituents is 1. The second kappa shape index (κ2) is 9.09. The van der Waals surface area contributed by atoms with E-state index in [1.54, 1.807) is 12.1 Å². The highest BCUT2D eigenvalue weighted by molar-refractivity contribution is 7.22. The van der Waals surface area contributed by atoms with E-state index in [9.17, 15) is 14.9 Å². The standard InChI is InChI=1S/C20H19N3O4S/c1-2-3-12-27-17-7-5-4-6-14(17)8-11-19(24)22-20-21-16-10-9-15(23(25)26)13-18(16)28-20/h4-11,13H,2-3,12H2,1H3,(H,21,22,24)/b11-8+. The first-order valence-electron chi connectivity index (χ1n) is 8.82. The number of rotatable bonds is 8. The maximum absolute atomic E-state index is 12.2. The third-order valence-electron chi connectivity index (χ3n) is 3.90. The largest absolute Gasteiger partial charge is 0.493 e. The van der Waals surface area contributed by atoms with Crippen molar-refractivity contribution < 1.29 is 14.5 Å². The van der Waals surface area contributed by atoms with E-state index in [0.717, 1.165) is 24.2 Å². The van der Waals surface area contributed by atoms with Crippen molar-refractivity contribution in [2.45, 2.75) is 19.8 Å². The van der Waals surface area contributed by atoms with Gasteiger partial charge >= 0.3 is 0 Å². The summed E-state index contributed by atoms with van der Waals surface area (Å²) in [6, 6.07) is 11.9. The van der Waals surface area contributed by atoms with E-state index >= 15 is 0 Å². The lowest BCUT2D eigenvalue weighted by Gasteiger charge is -2.08. The van der Waals surface area contributed by atoms with Crippen molar-refractivity contribution in [2.75, 3.05) is 11.9 Å². The molecule has 3 aromatic rings. The summed E-state index contributed by atoms with van der Waals surface area (Å²) in [4.78, 5) is 26.9. The summed E-state index contributed by atoms with van der Waals surface area (Å²) in [6.07, 6.45) is 5.12. The van der Waals surface area contributed by atoms with E-state index in [0.29, 0.717) is 22.0 Å². The Kier molecular flexibility index (Phi) is 6.33. The molecule has 0 bridgehead atoms. The lowest BCUT2D eigenvalue weighted by Crippen LogP contribution is -2.07. The molecule has 1 aromatic heterocycles. The van der Waals surface area contributed by atoms with Gasteiger partial charge in [0, 0.05) is 23.8 Å². The summed E-state index contributed by atoms with van der Waals surface area (Å²) in [6.45, 7) is 2.73. The minimum absolute atomic E-state index is 0.00592. The minimum atomic E-state index is -0.458. The van der Waals surface area contributed by atoms with Gasteiger partial charge in [0.15, 0.2) is 5.13 Å². The molecular weight excluding hydrogens is 378 g/mol. The number of aromatic nitrogens is 1. The van der Waals surface area contributed by atoms with Gasteiger partial charge in [0.25, 0.3) is 5.69 Å². The molecule has 7 nitrogen and oxygen atoms in total. The van der Waals surface area contributed by atoms with E-state index in [2.05, 4.69) is 17.2 Å². The Balaban J connectivity index is 1.69. The maximum atomic E-state index is 12.2. The number of hydrogen-bond donors (Lipinski definition) is 1. The highest BCUT2D eigenvalue weighted by Gasteiger charge is 2.11. The van der Waals surface area contributed by atoms with Crippen LogP contribution in [0.4, 0.5) is 10.8 Å². The molecule has 0 atom stereocenters. The third kappa shape index (κ3) is 4.92. The first kappa shape index (κ1) is 19.5. The Morgan fingerprint density at radius 3 is 2.93 bits per heavy atom. The van der Waals surface area contributed by atoms with Gasteiger partial charge in [-0.2, -0.15) is 0 Å². The zero-order valence-corrected chi connectivity index (χ0v) is 16.1. The van der Waals surface area contributed by atoms with Crippen molar-refractivity contribution in [1.82, 2.24) is 4.98 Å². The molecule has 0 spiro atoms. The second-order valence-corrected chi connectivity index (χ2v) is 7.02. The van der Waals surface area contributed by atoms with Crippen molar-refractivity contribution in [2.24, 2.45) is 0 Å². The normalized spacial score (nSPS) is 11.0. The number of carbonyl (C=O) groups excluding carboxylic acids is 1. The predicted octanol–water partition coefficient (Wildman–Crippen LogP) is 5.04. The van der Waals surface area contributed by atoms with Gasteiger partial charge in [-0.25, -0.2) is 4.98 Å². The predicted molar refractivity (Wildman–Crippen MR) is 111 cm³/mol. The van der Waals surface area contributed by atoms with Crippen molar-refractivity contribution >= 4 is 44.4 Å². The number of carbonyl (C=O) groups is 1. The number of nitrogens with zero attached hydrogens (tertiary/aromatic N) is 2. The van der Waals surface area contributed by atoms with E-state index in [4.69, 9.17) is 4.74 Å². The Morgan fingerprint density at radius 1 is 1.32 bits per heavy atom. The van der Waals surface area contributed by atoms with Crippen molar-refractivity contribution in [3.05, 3.63) is 64.2 Å². The number of para-hydroxylation sites is 1. The lowest BCUT2D eigenvalue weighted by molar-refractivity contribution is -0.384. The molecule has 0 fully saturated rings. The average molecular weight is 397 g/mol. The third-order valence-corrected chi connectivity index (χ3v) is 4.84. The molecule has 0 saturated heterocycles. The van der Waals surface area contributed by atoms with Crippen molar-refractivity contribution in [3.63, 3.8) is 0 Å². The Bertz CT molecular complexity index is 1030. The fourth-order valence-electron chi connectivity index (χ4n) is 2.47. The van der Waals surface area contributed by atoms with Gasteiger partial charge in [0.2, 0.25) is 5.91 Å². The molecular formula is C20H19N3O4S. The number of hydrogen-bond acceptors (Lipinski definition) is 6. The van der Waals surface area contributed by atoms with Crippen LogP contribution in [0, 0.1) is 10.1 Å². The highest BCUT2D eigenvalue weighted by atomic mass is 32.1. The first-order chi connectivity index (χ1) is 13.6. The number of anilines is 1. The maximum Gasteiger partial charge on any atom is 0.270 e. The first-order valence-corrected chi connectivity index (χ1v) is 9.64. The van der Waals surface area contributed by atoms with Gasteiger partial charge < -0.3 is 4.74 Å². The van der Waals surface area contributed by atoms with Gasteiger partial charge in [-0.1, -0.05) is 42.9 Å². The molecule has 0 unspecified atom stereocenters. The molecule has 0 radical (unpaired) electrons. The van der Waals surface area contributed by atoms with Gasteiger partial charge in [0.05, 0.1) is 21.7 Å². The Hall–Kier alpha value is -3.26. The quantitative estimate of drug-likeness (QED) is 0.249.